The third-order valence-electron chi connectivity index (χ3n) is 2.01. The summed E-state index contributed by atoms with van der Waals surface area (Å²) >= 11 is 0. The van der Waals surface area contributed by atoms with Crippen molar-refractivity contribution in [2.45, 2.75) is 26.7 Å². The predicted octanol–water partition coefficient (Wildman–Crippen LogP) is 3.48. The van der Waals surface area contributed by atoms with Gasteiger partial charge in [0, 0.05) is 0 Å². The van der Waals surface area contributed by atoms with E-state index in [1.165, 1.54) is 12.8 Å². The van der Waals surface area contributed by atoms with Crippen molar-refractivity contribution >= 4 is 0 Å². The fraction of sp³-hybridized carbons (Fsp3) is 0.455. The summed E-state index contributed by atoms with van der Waals surface area (Å²) in [5.41, 5.74) is 1.56. The minimum atomic E-state index is 0.700. The molecule has 0 fully saturated rings. The molecular weight excluding hydrogens is 132 g/mol. The average molecular weight is 148 g/mol. The zero-order valence-electron chi connectivity index (χ0n) is 7.38. The Labute approximate surface area is 69.3 Å². The van der Waals surface area contributed by atoms with E-state index in [0.29, 0.717) is 5.92 Å². The first-order chi connectivity index (χ1) is 5.30. The Kier molecular flexibility index (Phi) is 3.15. The topological polar surface area (TPSA) is 0 Å². The van der Waals surface area contributed by atoms with E-state index in [-0.39, 0.29) is 0 Å². The van der Waals surface area contributed by atoms with Crippen LogP contribution in [0, 0.1) is 5.92 Å². The van der Waals surface area contributed by atoms with E-state index in [4.69, 9.17) is 0 Å². The molecule has 0 heterocycles. The predicted molar refractivity (Wildman–Crippen MR) is 50.4 cm³/mol. The summed E-state index contributed by atoms with van der Waals surface area (Å²) < 4.78 is 0. The molecule has 0 atom stereocenters. The lowest BCUT2D eigenvalue weighted by atomic mass is 9.97. The molecule has 1 rings (SSSR count). The maximum atomic E-state index is 2.25. The minimum Gasteiger partial charge on any atom is -0.0842 e. The lowest BCUT2D eigenvalue weighted by Gasteiger charge is -2.09. The van der Waals surface area contributed by atoms with Crippen molar-refractivity contribution in [1.29, 1.82) is 0 Å². The second-order valence-corrected chi connectivity index (χ2v) is 3.25. The number of allylic oxidation sites excluding steroid dienone is 6. The molecule has 60 valence electrons. The van der Waals surface area contributed by atoms with Crippen LogP contribution in [0.3, 0.4) is 0 Å². The molecule has 0 radical (unpaired) electrons. The molecule has 0 aromatic carbocycles. The molecular formula is C11H16. The van der Waals surface area contributed by atoms with Crippen molar-refractivity contribution in [3.05, 3.63) is 36.0 Å². The smallest absolute Gasteiger partial charge is 0.0257 e. The van der Waals surface area contributed by atoms with E-state index in [2.05, 4.69) is 44.2 Å². The Morgan fingerprint density at radius 2 is 2.00 bits per heavy atom. The van der Waals surface area contributed by atoms with Gasteiger partial charge >= 0.3 is 0 Å². The van der Waals surface area contributed by atoms with E-state index >= 15 is 0 Å². The third-order valence-corrected chi connectivity index (χ3v) is 2.01. The molecule has 1 aliphatic rings. The average Bonchev–Trinajstić information content (AvgIpc) is 1.84. The molecule has 1 aliphatic carbocycles. The Morgan fingerprint density at radius 1 is 1.18 bits per heavy atom. The van der Waals surface area contributed by atoms with Gasteiger partial charge in [0.25, 0.3) is 0 Å². The van der Waals surface area contributed by atoms with Crippen molar-refractivity contribution in [2.75, 3.05) is 0 Å². The molecule has 0 saturated carbocycles. The first-order valence-corrected chi connectivity index (χ1v) is 4.33. The van der Waals surface area contributed by atoms with Gasteiger partial charge < -0.3 is 0 Å². The van der Waals surface area contributed by atoms with Crippen LogP contribution in [-0.2, 0) is 0 Å². The fourth-order valence-corrected chi connectivity index (χ4v) is 1.23. The van der Waals surface area contributed by atoms with Crippen LogP contribution >= 0.6 is 0 Å². The highest BCUT2D eigenvalue weighted by Crippen LogP contribution is 2.17. The van der Waals surface area contributed by atoms with Crippen LogP contribution in [0.5, 0.6) is 0 Å². The van der Waals surface area contributed by atoms with Gasteiger partial charge in [0.1, 0.15) is 0 Å². The first kappa shape index (κ1) is 8.32. The Hall–Kier alpha value is -0.780. The van der Waals surface area contributed by atoms with Crippen molar-refractivity contribution in [3.63, 3.8) is 0 Å². The van der Waals surface area contributed by atoms with Crippen LogP contribution in [0.2, 0.25) is 0 Å². The molecule has 0 saturated heterocycles. The van der Waals surface area contributed by atoms with Crippen LogP contribution in [0.4, 0.5) is 0 Å². The lowest BCUT2D eigenvalue weighted by molar-refractivity contribution is 0.714. The van der Waals surface area contributed by atoms with Crippen molar-refractivity contribution in [1.82, 2.24) is 0 Å². The van der Waals surface area contributed by atoms with Crippen LogP contribution < -0.4 is 0 Å². The first-order valence-electron chi connectivity index (χ1n) is 4.33. The molecule has 0 aliphatic heterocycles. The number of rotatable bonds is 1. The van der Waals surface area contributed by atoms with Gasteiger partial charge in [-0.2, -0.15) is 0 Å². The normalized spacial score (nSPS) is 17.9. The molecule has 0 aromatic heterocycles. The lowest BCUT2D eigenvalue weighted by Crippen LogP contribution is -1.93. The van der Waals surface area contributed by atoms with Crippen molar-refractivity contribution < 1.29 is 0 Å². The summed E-state index contributed by atoms with van der Waals surface area (Å²) in [5, 5.41) is 0. The van der Waals surface area contributed by atoms with Crippen LogP contribution in [0.15, 0.2) is 36.0 Å². The Balaban J connectivity index is 2.65. The Bertz CT molecular complexity index is 192. The molecule has 0 heteroatoms. The highest BCUT2D eigenvalue weighted by atomic mass is 14.1. The Morgan fingerprint density at radius 3 is 2.73 bits per heavy atom. The molecule has 0 unspecified atom stereocenters. The second kappa shape index (κ2) is 4.17. The van der Waals surface area contributed by atoms with Gasteiger partial charge in [0.2, 0.25) is 0 Å². The summed E-state index contributed by atoms with van der Waals surface area (Å²) in [6.45, 7) is 4.51. The van der Waals surface area contributed by atoms with Crippen LogP contribution in [-0.4, -0.2) is 0 Å². The van der Waals surface area contributed by atoms with Gasteiger partial charge in [-0.05, 0) is 18.8 Å². The van der Waals surface area contributed by atoms with E-state index in [9.17, 15) is 0 Å². The molecule has 0 bridgehead atoms. The third kappa shape index (κ3) is 2.75. The number of hydrogen-bond acceptors (Lipinski definition) is 0. The van der Waals surface area contributed by atoms with E-state index in [0.717, 1.165) is 0 Å². The quantitative estimate of drug-likeness (QED) is 0.534. The van der Waals surface area contributed by atoms with E-state index in [1.54, 1.807) is 5.57 Å². The zero-order chi connectivity index (χ0) is 8.10. The monoisotopic (exact) mass is 148 g/mol. The molecule has 0 spiro atoms. The highest BCUT2D eigenvalue weighted by molar-refractivity contribution is 5.20. The van der Waals surface area contributed by atoms with Crippen molar-refractivity contribution in [3.8, 4) is 0 Å². The van der Waals surface area contributed by atoms with Gasteiger partial charge in [-0.3, -0.25) is 0 Å². The van der Waals surface area contributed by atoms with Gasteiger partial charge in [0.05, 0.1) is 0 Å². The van der Waals surface area contributed by atoms with Crippen LogP contribution in [0.25, 0.3) is 0 Å². The summed E-state index contributed by atoms with van der Waals surface area (Å²) in [5.74, 6) is 0.700. The standard InChI is InChI=1S/C11H16/c1-10(2)11-8-6-4-3-5-7-9-11/h3-6,8,10H,7,9H2,1-2H3. The summed E-state index contributed by atoms with van der Waals surface area (Å²) in [4.78, 5) is 0. The molecule has 0 amide bonds. The van der Waals surface area contributed by atoms with Crippen molar-refractivity contribution in [2.24, 2.45) is 5.92 Å². The maximum Gasteiger partial charge on any atom is -0.0257 e. The van der Waals surface area contributed by atoms with Gasteiger partial charge in [0.15, 0.2) is 0 Å². The summed E-state index contributed by atoms with van der Waals surface area (Å²) in [6.07, 6.45) is 13.2. The summed E-state index contributed by atoms with van der Waals surface area (Å²) in [6, 6.07) is 0. The zero-order valence-corrected chi connectivity index (χ0v) is 7.38. The van der Waals surface area contributed by atoms with Gasteiger partial charge in [-0.25, -0.2) is 0 Å². The molecule has 0 aromatic rings. The van der Waals surface area contributed by atoms with Gasteiger partial charge in [-0.15, -0.1) is 0 Å². The molecule has 0 nitrogen and oxygen atoms in total. The maximum absolute atomic E-state index is 2.25. The highest BCUT2D eigenvalue weighted by Gasteiger charge is 2.00. The van der Waals surface area contributed by atoms with E-state index in [1.807, 2.05) is 0 Å². The largest absolute Gasteiger partial charge is 0.0842 e. The molecule has 11 heavy (non-hydrogen) atoms. The SMILES string of the molecule is CC(C)C1=CC=CC=CCC1. The second-order valence-electron chi connectivity index (χ2n) is 3.25. The minimum absolute atomic E-state index is 0.700. The summed E-state index contributed by atoms with van der Waals surface area (Å²) in [7, 11) is 0. The fourth-order valence-electron chi connectivity index (χ4n) is 1.23. The van der Waals surface area contributed by atoms with Gasteiger partial charge in [-0.1, -0.05) is 49.8 Å². The molecule has 0 N–H and O–H groups in total. The number of hydrogen-bond donors (Lipinski definition) is 0. The van der Waals surface area contributed by atoms with E-state index < -0.39 is 0 Å². The van der Waals surface area contributed by atoms with Crippen LogP contribution in [0.1, 0.15) is 26.7 Å².